The second kappa shape index (κ2) is 5.04. The monoisotopic (exact) mass is 173 g/mol. The van der Waals surface area contributed by atoms with E-state index in [4.69, 9.17) is 0 Å². The predicted octanol–water partition coefficient (Wildman–Crippen LogP) is 2.48. The summed E-state index contributed by atoms with van der Waals surface area (Å²) < 4.78 is 0. The average molecular weight is 173 g/mol. The fraction of sp³-hybridized carbons (Fsp3) is 1.00. The number of thioether (sulfide) groups is 1. The van der Waals surface area contributed by atoms with Crippen LogP contribution in [-0.2, 0) is 0 Å². The van der Waals surface area contributed by atoms with Gasteiger partial charge in [0.15, 0.2) is 0 Å². The lowest BCUT2D eigenvalue weighted by molar-refractivity contribution is 0.495. The summed E-state index contributed by atoms with van der Waals surface area (Å²) in [6.45, 7) is 5.80. The van der Waals surface area contributed by atoms with Gasteiger partial charge in [-0.05, 0) is 24.6 Å². The van der Waals surface area contributed by atoms with Gasteiger partial charge in [-0.3, -0.25) is 0 Å². The molecule has 1 nitrogen and oxygen atoms in total. The molecule has 0 aromatic carbocycles. The van der Waals surface area contributed by atoms with Crippen molar-refractivity contribution in [3.63, 3.8) is 0 Å². The lowest BCUT2D eigenvalue weighted by Crippen LogP contribution is -2.36. The third-order valence-electron chi connectivity index (χ3n) is 2.10. The zero-order valence-corrected chi connectivity index (χ0v) is 8.41. The molecule has 1 heterocycles. The Morgan fingerprint density at radius 3 is 2.91 bits per heavy atom. The second-order valence-electron chi connectivity index (χ2n) is 3.48. The molecule has 1 rings (SSSR count). The lowest BCUT2D eigenvalue weighted by atomic mass is 10.2. The maximum Gasteiger partial charge on any atom is 0.0532 e. The van der Waals surface area contributed by atoms with Gasteiger partial charge in [-0.2, -0.15) is 0 Å². The molecule has 2 unspecified atom stereocenters. The van der Waals surface area contributed by atoms with Gasteiger partial charge in [-0.1, -0.05) is 26.7 Å². The van der Waals surface area contributed by atoms with Gasteiger partial charge in [0.25, 0.3) is 0 Å². The molecule has 0 bridgehead atoms. The first-order valence-electron chi connectivity index (χ1n) is 4.68. The van der Waals surface area contributed by atoms with E-state index in [1.54, 1.807) is 0 Å². The minimum absolute atomic E-state index is 0.756. The molecule has 0 radical (unpaired) electrons. The minimum atomic E-state index is 0.756. The molecule has 2 heteroatoms. The molecule has 0 spiro atoms. The van der Waals surface area contributed by atoms with Gasteiger partial charge in [0.05, 0.1) is 5.37 Å². The van der Waals surface area contributed by atoms with E-state index in [2.05, 4.69) is 30.9 Å². The maximum absolute atomic E-state index is 3.57. The fourth-order valence-electron chi connectivity index (χ4n) is 1.31. The molecule has 1 N–H and O–H groups in total. The molecule has 0 aromatic rings. The summed E-state index contributed by atoms with van der Waals surface area (Å²) in [6.07, 6.45) is 4.06. The second-order valence-corrected chi connectivity index (χ2v) is 4.71. The molecule has 0 amide bonds. The molecule has 0 aliphatic carbocycles. The maximum atomic E-state index is 3.57. The zero-order chi connectivity index (χ0) is 8.10. The van der Waals surface area contributed by atoms with Crippen molar-refractivity contribution in [1.82, 2.24) is 5.32 Å². The molecule has 2 atom stereocenters. The Labute approximate surface area is 74.3 Å². The van der Waals surface area contributed by atoms with Gasteiger partial charge < -0.3 is 5.32 Å². The van der Waals surface area contributed by atoms with Gasteiger partial charge in [-0.15, -0.1) is 11.8 Å². The molecule has 0 saturated carbocycles. The Morgan fingerprint density at radius 2 is 2.36 bits per heavy atom. The van der Waals surface area contributed by atoms with E-state index in [0.29, 0.717) is 0 Å². The Kier molecular flexibility index (Phi) is 4.31. The first-order valence-corrected chi connectivity index (χ1v) is 5.72. The van der Waals surface area contributed by atoms with Crippen molar-refractivity contribution in [2.45, 2.75) is 38.5 Å². The number of rotatable bonds is 3. The van der Waals surface area contributed by atoms with E-state index in [0.717, 1.165) is 11.3 Å². The number of unbranched alkanes of at least 4 members (excludes halogenated alkanes) is 1. The van der Waals surface area contributed by atoms with Crippen LogP contribution in [0.4, 0.5) is 0 Å². The highest BCUT2D eigenvalue weighted by atomic mass is 32.2. The van der Waals surface area contributed by atoms with Crippen LogP contribution in [0.2, 0.25) is 0 Å². The van der Waals surface area contributed by atoms with Crippen LogP contribution in [0.25, 0.3) is 0 Å². The van der Waals surface area contributed by atoms with Crippen molar-refractivity contribution in [1.29, 1.82) is 0 Å². The van der Waals surface area contributed by atoms with Crippen molar-refractivity contribution in [2.75, 3.05) is 12.3 Å². The Hall–Kier alpha value is 0.310. The summed E-state index contributed by atoms with van der Waals surface area (Å²) in [5.41, 5.74) is 0. The summed E-state index contributed by atoms with van der Waals surface area (Å²) in [5, 5.41) is 4.32. The van der Waals surface area contributed by atoms with Crippen molar-refractivity contribution < 1.29 is 0 Å². The average Bonchev–Trinajstić information content (AvgIpc) is 2.04. The molecule has 1 aliphatic heterocycles. The fourth-order valence-corrected chi connectivity index (χ4v) is 2.53. The van der Waals surface area contributed by atoms with Crippen LogP contribution in [0.3, 0.4) is 0 Å². The summed E-state index contributed by atoms with van der Waals surface area (Å²) in [6, 6.07) is 0. The zero-order valence-electron chi connectivity index (χ0n) is 7.60. The number of nitrogens with one attached hydrogen (secondary N) is 1. The van der Waals surface area contributed by atoms with Crippen LogP contribution in [0.1, 0.15) is 33.1 Å². The molecule has 11 heavy (non-hydrogen) atoms. The van der Waals surface area contributed by atoms with Crippen LogP contribution in [0, 0.1) is 5.92 Å². The normalized spacial score (nSPS) is 32.2. The standard InChI is InChI=1S/C9H19NS/c1-3-4-5-9-10-6-8(2)7-11-9/h8-10H,3-7H2,1-2H3. The molecular formula is C9H19NS. The summed E-state index contributed by atoms with van der Waals surface area (Å²) in [5.74, 6) is 2.22. The van der Waals surface area contributed by atoms with Gasteiger partial charge in [0, 0.05) is 0 Å². The van der Waals surface area contributed by atoms with Gasteiger partial charge >= 0.3 is 0 Å². The topological polar surface area (TPSA) is 12.0 Å². The Morgan fingerprint density at radius 1 is 1.55 bits per heavy atom. The van der Waals surface area contributed by atoms with Crippen LogP contribution >= 0.6 is 11.8 Å². The predicted molar refractivity (Wildman–Crippen MR) is 52.9 cm³/mol. The summed E-state index contributed by atoms with van der Waals surface area (Å²) in [7, 11) is 0. The highest BCUT2D eigenvalue weighted by Crippen LogP contribution is 2.21. The minimum Gasteiger partial charge on any atom is -0.305 e. The smallest absolute Gasteiger partial charge is 0.0532 e. The molecule has 66 valence electrons. The van der Waals surface area contributed by atoms with E-state index in [1.807, 2.05) is 0 Å². The lowest BCUT2D eigenvalue weighted by Gasteiger charge is -2.27. The third kappa shape index (κ3) is 3.48. The molecular weight excluding hydrogens is 154 g/mol. The van der Waals surface area contributed by atoms with Crippen molar-refractivity contribution in [3.8, 4) is 0 Å². The Bertz CT molecular complexity index is 95.0. The van der Waals surface area contributed by atoms with E-state index in [9.17, 15) is 0 Å². The van der Waals surface area contributed by atoms with Gasteiger partial charge in [0.1, 0.15) is 0 Å². The first kappa shape index (κ1) is 9.40. The van der Waals surface area contributed by atoms with Crippen LogP contribution < -0.4 is 5.32 Å². The summed E-state index contributed by atoms with van der Waals surface area (Å²) >= 11 is 2.10. The van der Waals surface area contributed by atoms with E-state index in [1.165, 1.54) is 31.6 Å². The summed E-state index contributed by atoms with van der Waals surface area (Å²) in [4.78, 5) is 0. The van der Waals surface area contributed by atoms with Gasteiger partial charge in [-0.25, -0.2) is 0 Å². The molecule has 1 saturated heterocycles. The molecule has 0 aromatic heterocycles. The third-order valence-corrected chi connectivity index (χ3v) is 3.66. The van der Waals surface area contributed by atoms with E-state index in [-0.39, 0.29) is 0 Å². The largest absolute Gasteiger partial charge is 0.305 e. The van der Waals surface area contributed by atoms with Gasteiger partial charge in [0.2, 0.25) is 0 Å². The number of hydrogen-bond donors (Lipinski definition) is 1. The van der Waals surface area contributed by atoms with Crippen LogP contribution in [-0.4, -0.2) is 17.7 Å². The Balaban J connectivity index is 2.07. The van der Waals surface area contributed by atoms with E-state index >= 15 is 0 Å². The van der Waals surface area contributed by atoms with E-state index < -0.39 is 0 Å². The van der Waals surface area contributed by atoms with Crippen LogP contribution in [0.15, 0.2) is 0 Å². The SMILES string of the molecule is CCCCC1NCC(C)CS1. The molecule has 1 aliphatic rings. The van der Waals surface area contributed by atoms with Crippen molar-refractivity contribution in [3.05, 3.63) is 0 Å². The highest BCUT2D eigenvalue weighted by Gasteiger charge is 2.16. The number of hydrogen-bond acceptors (Lipinski definition) is 2. The van der Waals surface area contributed by atoms with Crippen molar-refractivity contribution in [2.24, 2.45) is 5.92 Å². The highest BCUT2D eigenvalue weighted by molar-refractivity contribution is 7.99. The first-order chi connectivity index (χ1) is 5.33. The molecule has 1 fully saturated rings. The quantitative estimate of drug-likeness (QED) is 0.703. The van der Waals surface area contributed by atoms with Crippen LogP contribution in [0.5, 0.6) is 0 Å². The van der Waals surface area contributed by atoms with Crippen molar-refractivity contribution >= 4 is 11.8 Å².